The van der Waals surface area contributed by atoms with Crippen molar-refractivity contribution in [3.8, 4) is 11.5 Å². The van der Waals surface area contributed by atoms with Crippen LogP contribution in [0.5, 0.6) is 11.5 Å². The number of nitrogens with two attached hydrogens (primary N) is 1. The van der Waals surface area contributed by atoms with Crippen LogP contribution in [0.15, 0.2) is 12.1 Å². The second kappa shape index (κ2) is 3.53. The summed E-state index contributed by atoms with van der Waals surface area (Å²) in [5, 5.41) is 9.53. The van der Waals surface area contributed by atoms with E-state index in [0.29, 0.717) is 0 Å². The lowest BCUT2D eigenvalue weighted by Gasteiger charge is -2.07. The summed E-state index contributed by atoms with van der Waals surface area (Å²) in [6.07, 6.45) is 0. The highest BCUT2D eigenvalue weighted by Crippen LogP contribution is 2.34. The Balaban J connectivity index is 3.38. The quantitative estimate of drug-likeness (QED) is 0.754. The van der Waals surface area contributed by atoms with Crippen molar-refractivity contribution in [2.24, 2.45) is 5.73 Å². The molecule has 1 rings (SSSR count). The van der Waals surface area contributed by atoms with E-state index in [4.69, 9.17) is 22.1 Å². The Labute approximate surface area is 79.9 Å². The topological polar surface area (TPSA) is 72.5 Å². The molecule has 0 aliphatic carbocycles. The number of benzene rings is 1. The van der Waals surface area contributed by atoms with Crippen LogP contribution in [-0.2, 0) is 0 Å². The molecule has 0 saturated carbocycles. The van der Waals surface area contributed by atoms with Crippen LogP contribution in [0, 0.1) is 0 Å². The molecule has 3 N–H and O–H groups in total. The number of carbonyl (C=O) groups is 1. The fourth-order valence-corrected chi connectivity index (χ4v) is 1.19. The Morgan fingerprint density at radius 2 is 2.23 bits per heavy atom. The summed E-state index contributed by atoms with van der Waals surface area (Å²) in [6.45, 7) is 0. The molecular weight excluding hydrogens is 194 g/mol. The highest BCUT2D eigenvalue weighted by atomic mass is 35.5. The first-order chi connectivity index (χ1) is 6.07. The van der Waals surface area contributed by atoms with E-state index in [-0.39, 0.29) is 22.1 Å². The van der Waals surface area contributed by atoms with E-state index in [9.17, 15) is 9.90 Å². The van der Waals surface area contributed by atoms with E-state index in [0.717, 1.165) is 0 Å². The van der Waals surface area contributed by atoms with Gasteiger partial charge in [0.1, 0.15) is 5.56 Å². The minimum absolute atomic E-state index is 0.103. The Kier molecular flexibility index (Phi) is 2.63. The van der Waals surface area contributed by atoms with Crippen molar-refractivity contribution < 1.29 is 14.6 Å². The Hall–Kier alpha value is -1.42. The summed E-state index contributed by atoms with van der Waals surface area (Å²) in [6, 6.07) is 2.88. The number of primary amides is 1. The summed E-state index contributed by atoms with van der Waals surface area (Å²) in [4.78, 5) is 10.8. The van der Waals surface area contributed by atoms with Gasteiger partial charge >= 0.3 is 0 Å². The Morgan fingerprint density at radius 3 is 2.69 bits per heavy atom. The molecule has 0 spiro atoms. The van der Waals surface area contributed by atoms with E-state index >= 15 is 0 Å². The third-order valence-electron chi connectivity index (χ3n) is 1.56. The van der Waals surface area contributed by atoms with Crippen LogP contribution in [0.3, 0.4) is 0 Å². The lowest BCUT2D eigenvalue weighted by molar-refractivity contribution is 0.0997. The summed E-state index contributed by atoms with van der Waals surface area (Å²) in [5.74, 6) is -0.956. The molecule has 1 amide bonds. The van der Waals surface area contributed by atoms with Crippen LogP contribution in [0.1, 0.15) is 10.4 Å². The average molecular weight is 202 g/mol. The molecule has 13 heavy (non-hydrogen) atoms. The van der Waals surface area contributed by atoms with Crippen molar-refractivity contribution in [2.45, 2.75) is 0 Å². The average Bonchev–Trinajstić information content (AvgIpc) is 2.04. The van der Waals surface area contributed by atoms with Gasteiger partial charge in [0, 0.05) is 0 Å². The predicted molar refractivity (Wildman–Crippen MR) is 48.2 cm³/mol. The molecule has 1 aromatic carbocycles. The number of hydrogen-bond acceptors (Lipinski definition) is 3. The zero-order valence-corrected chi connectivity index (χ0v) is 7.63. The fraction of sp³-hybridized carbons (Fsp3) is 0.125. The minimum atomic E-state index is -0.790. The molecule has 70 valence electrons. The van der Waals surface area contributed by atoms with Gasteiger partial charge < -0.3 is 15.6 Å². The Bertz CT molecular complexity index is 351. The molecule has 4 nitrogen and oxygen atoms in total. The van der Waals surface area contributed by atoms with Crippen LogP contribution in [0.25, 0.3) is 0 Å². The van der Waals surface area contributed by atoms with Gasteiger partial charge in [-0.15, -0.1) is 0 Å². The first-order valence-corrected chi connectivity index (χ1v) is 3.81. The van der Waals surface area contributed by atoms with Crippen molar-refractivity contribution in [2.75, 3.05) is 7.11 Å². The molecule has 0 aromatic heterocycles. The first-order valence-electron chi connectivity index (χ1n) is 3.43. The van der Waals surface area contributed by atoms with Crippen molar-refractivity contribution >= 4 is 17.5 Å². The molecule has 0 saturated heterocycles. The summed E-state index contributed by atoms with van der Waals surface area (Å²) >= 11 is 5.64. The van der Waals surface area contributed by atoms with E-state index in [1.807, 2.05) is 0 Å². The molecule has 0 bridgehead atoms. The number of carbonyl (C=O) groups excluding carboxylic acids is 1. The number of halogens is 1. The van der Waals surface area contributed by atoms with Gasteiger partial charge in [0.15, 0.2) is 11.5 Å². The van der Waals surface area contributed by atoms with Gasteiger partial charge in [-0.1, -0.05) is 11.6 Å². The van der Waals surface area contributed by atoms with E-state index in [2.05, 4.69) is 0 Å². The van der Waals surface area contributed by atoms with Crippen LogP contribution in [0.4, 0.5) is 0 Å². The van der Waals surface area contributed by atoms with Gasteiger partial charge in [-0.25, -0.2) is 0 Å². The fourth-order valence-electron chi connectivity index (χ4n) is 0.947. The van der Waals surface area contributed by atoms with Crippen LogP contribution >= 0.6 is 11.6 Å². The highest BCUT2D eigenvalue weighted by molar-refractivity contribution is 6.34. The molecule has 0 heterocycles. The third kappa shape index (κ3) is 1.67. The summed E-state index contributed by atoms with van der Waals surface area (Å²) in [7, 11) is 1.37. The van der Waals surface area contributed by atoms with Crippen LogP contribution < -0.4 is 10.5 Å². The van der Waals surface area contributed by atoms with Gasteiger partial charge in [0.05, 0.1) is 12.1 Å². The minimum Gasteiger partial charge on any atom is -0.504 e. The van der Waals surface area contributed by atoms with E-state index < -0.39 is 5.91 Å². The number of amides is 1. The third-order valence-corrected chi connectivity index (χ3v) is 1.87. The maximum Gasteiger partial charge on any atom is 0.254 e. The zero-order valence-electron chi connectivity index (χ0n) is 6.87. The van der Waals surface area contributed by atoms with Crippen molar-refractivity contribution in [3.05, 3.63) is 22.7 Å². The molecule has 0 aliphatic rings. The van der Waals surface area contributed by atoms with Gasteiger partial charge in [0.2, 0.25) is 0 Å². The number of hydrogen-bond donors (Lipinski definition) is 2. The molecular formula is C8H8ClNO3. The summed E-state index contributed by atoms with van der Waals surface area (Å²) < 4.78 is 4.77. The standard InChI is InChI=1S/C8H8ClNO3/c1-13-5-3-2-4(9)6(7(5)11)8(10)12/h2-3,11H,1H3,(H2,10,12). The van der Waals surface area contributed by atoms with Crippen molar-refractivity contribution in [3.63, 3.8) is 0 Å². The molecule has 0 atom stereocenters. The number of aromatic hydroxyl groups is 1. The zero-order chi connectivity index (χ0) is 10.0. The lowest BCUT2D eigenvalue weighted by atomic mass is 10.2. The second-order valence-electron chi connectivity index (χ2n) is 2.34. The molecule has 0 unspecified atom stereocenters. The second-order valence-corrected chi connectivity index (χ2v) is 2.74. The SMILES string of the molecule is COc1ccc(Cl)c(C(N)=O)c1O. The number of phenols is 1. The maximum absolute atomic E-state index is 10.8. The van der Waals surface area contributed by atoms with Gasteiger partial charge in [-0.2, -0.15) is 0 Å². The predicted octanol–water partition coefficient (Wildman–Crippen LogP) is 1.15. The normalized spacial score (nSPS) is 9.69. The van der Waals surface area contributed by atoms with Crippen molar-refractivity contribution in [1.82, 2.24) is 0 Å². The molecule has 0 aliphatic heterocycles. The van der Waals surface area contributed by atoms with Crippen LogP contribution in [0.2, 0.25) is 5.02 Å². The summed E-state index contributed by atoms with van der Waals surface area (Å²) in [5.41, 5.74) is 4.88. The van der Waals surface area contributed by atoms with E-state index in [1.54, 1.807) is 0 Å². The van der Waals surface area contributed by atoms with Gasteiger partial charge in [-0.3, -0.25) is 4.79 Å². The maximum atomic E-state index is 10.8. The smallest absolute Gasteiger partial charge is 0.254 e. The number of ether oxygens (including phenoxy) is 1. The lowest BCUT2D eigenvalue weighted by Crippen LogP contribution is -2.12. The van der Waals surface area contributed by atoms with Crippen LogP contribution in [-0.4, -0.2) is 18.1 Å². The van der Waals surface area contributed by atoms with Crippen molar-refractivity contribution in [1.29, 1.82) is 0 Å². The van der Waals surface area contributed by atoms with Gasteiger partial charge in [0.25, 0.3) is 5.91 Å². The van der Waals surface area contributed by atoms with E-state index in [1.165, 1.54) is 19.2 Å². The Morgan fingerprint density at radius 1 is 1.62 bits per heavy atom. The number of methoxy groups -OCH3 is 1. The van der Waals surface area contributed by atoms with Gasteiger partial charge in [-0.05, 0) is 12.1 Å². The number of rotatable bonds is 2. The highest BCUT2D eigenvalue weighted by Gasteiger charge is 2.16. The molecule has 0 fully saturated rings. The first kappa shape index (κ1) is 9.67. The molecule has 5 heteroatoms. The largest absolute Gasteiger partial charge is 0.504 e. The monoisotopic (exact) mass is 201 g/mol. The molecule has 0 radical (unpaired) electrons. The molecule has 1 aromatic rings.